The molecule has 6 heteroatoms. The van der Waals surface area contributed by atoms with E-state index in [0.717, 1.165) is 43.0 Å². The molecule has 1 heterocycles. The van der Waals surface area contributed by atoms with Gasteiger partial charge in [0.1, 0.15) is 0 Å². The zero-order valence-electron chi connectivity index (χ0n) is 16.0. The molecule has 4 nitrogen and oxygen atoms in total. The number of ether oxygens (including phenoxy) is 2. The third-order valence-corrected chi connectivity index (χ3v) is 5.32. The molecule has 1 N–H and O–H groups in total. The van der Waals surface area contributed by atoms with Crippen LogP contribution in [0, 0.1) is 0 Å². The molecule has 0 amide bonds. The van der Waals surface area contributed by atoms with E-state index in [0.29, 0.717) is 16.7 Å². The number of hydrogen-bond donors (Lipinski definition) is 1. The number of methoxy groups -OCH3 is 1. The van der Waals surface area contributed by atoms with Crippen LogP contribution in [-0.2, 0) is 6.42 Å². The summed E-state index contributed by atoms with van der Waals surface area (Å²) in [5.74, 6) is 1.55. The van der Waals surface area contributed by atoms with Crippen molar-refractivity contribution in [2.75, 3.05) is 40.9 Å². The summed E-state index contributed by atoms with van der Waals surface area (Å²) >= 11 is 12.5. The van der Waals surface area contributed by atoms with Crippen LogP contribution in [0.1, 0.15) is 29.2 Å². The number of halogens is 2. The molecule has 1 atom stereocenters. The number of nitrogens with one attached hydrogen (secondary N) is 1. The Morgan fingerprint density at radius 1 is 1.11 bits per heavy atom. The van der Waals surface area contributed by atoms with Crippen molar-refractivity contribution < 1.29 is 9.47 Å². The summed E-state index contributed by atoms with van der Waals surface area (Å²) in [5.41, 5.74) is 3.45. The average molecular weight is 409 g/mol. The van der Waals surface area contributed by atoms with Gasteiger partial charge in [0.05, 0.1) is 19.8 Å². The summed E-state index contributed by atoms with van der Waals surface area (Å²) in [7, 11) is 5.81. The Bertz CT molecular complexity index is 796. The van der Waals surface area contributed by atoms with E-state index in [9.17, 15) is 0 Å². The van der Waals surface area contributed by atoms with Crippen molar-refractivity contribution in [1.29, 1.82) is 0 Å². The van der Waals surface area contributed by atoms with Gasteiger partial charge in [-0.05, 0) is 67.9 Å². The lowest BCUT2D eigenvalue weighted by Gasteiger charge is -2.29. The fraction of sp³-hybridized carbons (Fsp3) is 0.429. The van der Waals surface area contributed by atoms with Crippen molar-refractivity contribution >= 4 is 23.2 Å². The van der Waals surface area contributed by atoms with E-state index in [1.807, 2.05) is 12.1 Å². The summed E-state index contributed by atoms with van der Waals surface area (Å²) in [6.07, 6.45) is 1.90. The van der Waals surface area contributed by atoms with Crippen LogP contribution in [-0.4, -0.2) is 45.8 Å². The quantitative estimate of drug-likeness (QED) is 0.680. The molecule has 27 heavy (non-hydrogen) atoms. The van der Waals surface area contributed by atoms with Gasteiger partial charge in [0, 0.05) is 23.1 Å². The molecule has 2 aromatic rings. The molecule has 2 aromatic carbocycles. The first-order chi connectivity index (χ1) is 13.0. The molecule has 0 radical (unpaired) electrons. The maximum atomic E-state index is 6.47. The molecule has 3 rings (SSSR count). The Labute approximate surface area is 171 Å². The van der Waals surface area contributed by atoms with Gasteiger partial charge in [-0.1, -0.05) is 29.3 Å². The van der Waals surface area contributed by atoms with Gasteiger partial charge in [0.2, 0.25) is 0 Å². The van der Waals surface area contributed by atoms with E-state index in [1.54, 1.807) is 13.2 Å². The first-order valence-electron chi connectivity index (χ1n) is 9.16. The van der Waals surface area contributed by atoms with Gasteiger partial charge in [-0.2, -0.15) is 0 Å². The van der Waals surface area contributed by atoms with E-state index in [2.05, 4.69) is 36.4 Å². The van der Waals surface area contributed by atoms with Gasteiger partial charge < -0.3 is 19.7 Å². The number of rotatable bonds is 7. The highest BCUT2D eigenvalue weighted by atomic mass is 35.5. The van der Waals surface area contributed by atoms with Crippen LogP contribution in [0.5, 0.6) is 11.5 Å². The second-order valence-electron chi connectivity index (χ2n) is 7.01. The molecule has 1 aliphatic heterocycles. The van der Waals surface area contributed by atoms with E-state index in [-0.39, 0.29) is 6.04 Å². The standard InChI is InChI=1S/C21H26Cl2N2O2/c1-25(2)9-4-10-27-20-13-17-14(11-19(20)26-3)7-8-24-21(17)16-6-5-15(22)12-18(16)23/h5-6,11-13,21,24H,4,7-10H2,1-3H3. The van der Waals surface area contributed by atoms with Gasteiger partial charge in [0.15, 0.2) is 11.5 Å². The van der Waals surface area contributed by atoms with Crippen LogP contribution in [0.2, 0.25) is 10.0 Å². The molecule has 146 valence electrons. The minimum Gasteiger partial charge on any atom is -0.493 e. The Kier molecular flexibility index (Phi) is 6.88. The number of fused-ring (bicyclic) bond motifs is 1. The third-order valence-electron chi connectivity index (χ3n) is 4.76. The second kappa shape index (κ2) is 9.16. The largest absolute Gasteiger partial charge is 0.493 e. The summed E-state index contributed by atoms with van der Waals surface area (Å²) < 4.78 is 11.6. The summed E-state index contributed by atoms with van der Waals surface area (Å²) in [5, 5.41) is 4.87. The second-order valence-corrected chi connectivity index (χ2v) is 7.85. The zero-order chi connectivity index (χ0) is 19.4. The van der Waals surface area contributed by atoms with Crippen LogP contribution in [0.3, 0.4) is 0 Å². The Morgan fingerprint density at radius 2 is 1.93 bits per heavy atom. The summed E-state index contributed by atoms with van der Waals surface area (Å²) in [6.45, 7) is 2.51. The van der Waals surface area contributed by atoms with Crippen molar-refractivity contribution in [2.45, 2.75) is 18.9 Å². The van der Waals surface area contributed by atoms with Gasteiger partial charge >= 0.3 is 0 Å². The molecular formula is C21H26Cl2N2O2. The minimum atomic E-state index is 0.00791. The highest BCUT2D eigenvalue weighted by molar-refractivity contribution is 6.35. The molecule has 1 unspecified atom stereocenters. The zero-order valence-corrected chi connectivity index (χ0v) is 17.5. The van der Waals surface area contributed by atoms with Crippen LogP contribution < -0.4 is 14.8 Å². The fourth-order valence-corrected chi connectivity index (χ4v) is 3.93. The van der Waals surface area contributed by atoms with E-state index in [4.69, 9.17) is 32.7 Å². The molecule has 1 aliphatic rings. The Hall–Kier alpha value is -1.46. The van der Waals surface area contributed by atoms with Crippen molar-refractivity contribution in [2.24, 2.45) is 0 Å². The molecule has 0 aromatic heterocycles. The van der Waals surface area contributed by atoms with Gasteiger partial charge in [-0.25, -0.2) is 0 Å². The number of benzene rings is 2. The van der Waals surface area contributed by atoms with Crippen molar-refractivity contribution in [3.8, 4) is 11.5 Å². The highest BCUT2D eigenvalue weighted by Crippen LogP contribution is 2.39. The van der Waals surface area contributed by atoms with Crippen molar-refractivity contribution in [3.05, 3.63) is 57.1 Å². The third kappa shape index (κ3) is 4.88. The SMILES string of the molecule is COc1cc2c(cc1OCCCN(C)C)C(c1ccc(Cl)cc1Cl)NCC2. The van der Waals surface area contributed by atoms with Crippen molar-refractivity contribution in [3.63, 3.8) is 0 Å². The maximum Gasteiger partial charge on any atom is 0.161 e. The van der Waals surface area contributed by atoms with Gasteiger partial charge in [-0.3, -0.25) is 0 Å². The molecule has 0 saturated carbocycles. The smallest absolute Gasteiger partial charge is 0.161 e. The normalized spacial score (nSPS) is 16.3. The summed E-state index contributed by atoms with van der Waals surface area (Å²) in [6, 6.07) is 9.84. The topological polar surface area (TPSA) is 33.7 Å². The lowest BCUT2D eigenvalue weighted by molar-refractivity contribution is 0.267. The lowest BCUT2D eigenvalue weighted by atomic mass is 9.89. The molecule has 0 aliphatic carbocycles. The summed E-state index contributed by atoms with van der Waals surface area (Å²) in [4.78, 5) is 2.15. The first-order valence-corrected chi connectivity index (χ1v) is 9.92. The fourth-order valence-electron chi connectivity index (χ4n) is 3.41. The predicted molar refractivity (Wildman–Crippen MR) is 112 cm³/mol. The highest BCUT2D eigenvalue weighted by Gasteiger charge is 2.25. The first kappa shape index (κ1) is 20.3. The van der Waals surface area contributed by atoms with E-state index >= 15 is 0 Å². The lowest BCUT2D eigenvalue weighted by Crippen LogP contribution is -2.31. The molecule has 0 saturated heterocycles. The van der Waals surface area contributed by atoms with Crippen molar-refractivity contribution in [1.82, 2.24) is 10.2 Å². The van der Waals surface area contributed by atoms with Crippen LogP contribution in [0.15, 0.2) is 30.3 Å². The monoisotopic (exact) mass is 408 g/mol. The van der Waals surface area contributed by atoms with Gasteiger partial charge in [0.25, 0.3) is 0 Å². The average Bonchev–Trinajstić information content (AvgIpc) is 2.64. The minimum absolute atomic E-state index is 0.00791. The maximum absolute atomic E-state index is 6.47. The predicted octanol–water partition coefficient (Wildman–Crippen LogP) is 4.57. The molecular weight excluding hydrogens is 383 g/mol. The van der Waals surface area contributed by atoms with Crippen LogP contribution >= 0.6 is 23.2 Å². The van der Waals surface area contributed by atoms with E-state index < -0.39 is 0 Å². The number of nitrogens with zero attached hydrogens (tertiary/aromatic N) is 1. The van der Waals surface area contributed by atoms with Gasteiger partial charge in [-0.15, -0.1) is 0 Å². The van der Waals surface area contributed by atoms with Crippen LogP contribution in [0.25, 0.3) is 0 Å². The Balaban J connectivity index is 1.90. The molecule has 0 bridgehead atoms. The van der Waals surface area contributed by atoms with Crippen LogP contribution in [0.4, 0.5) is 0 Å². The Morgan fingerprint density at radius 3 is 2.63 bits per heavy atom. The number of hydrogen-bond acceptors (Lipinski definition) is 4. The molecule has 0 fully saturated rings. The van der Waals surface area contributed by atoms with E-state index in [1.165, 1.54) is 11.1 Å². The molecule has 0 spiro atoms.